The topological polar surface area (TPSA) is 29.5 Å². The maximum absolute atomic E-state index is 13.0. The fourth-order valence-corrected chi connectivity index (χ4v) is 3.84. The minimum absolute atomic E-state index is 0.0979. The van der Waals surface area contributed by atoms with Crippen molar-refractivity contribution < 1.29 is 9.53 Å². The zero-order valence-corrected chi connectivity index (χ0v) is 14.6. The summed E-state index contributed by atoms with van der Waals surface area (Å²) in [5, 5.41) is 2.06. The molecule has 3 rings (SSSR count). The Morgan fingerprint density at radius 2 is 2.09 bits per heavy atom. The van der Waals surface area contributed by atoms with Gasteiger partial charge in [0.25, 0.3) is 5.91 Å². The monoisotopic (exact) mass is 329 g/mol. The molecule has 0 aliphatic carbocycles. The highest BCUT2D eigenvalue weighted by Gasteiger charge is 2.24. The number of carbonyl (C=O) groups is 1. The molecule has 2 aromatic rings. The molecular weight excluding hydrogens is 306 g/mol. The summed E-state index contributed by atoms with van der Waals surface area (Å²) in [4.78, 5) is 16.2. The fourth-order valence-electron chi connectivity index (χ4n) is 3.12. The van der Waals surface area contributed by atoms with Crippen LogP contribution in [0.5, 0.6) is 0 Å². The molecule has 1 unspecified atom stereocenters. The Kier molecular flexibility index (Phi) is 5.13. The van der Waals surface area contributed by atoms with Crippen LogP contribution < -0.4 is 0 Å². The van der Waals surface area contributed by atoms with Crippen molar-refractivity contribution in [3.8, 4) is 0 Å². The van der Waals surface area contributed by atoms with Crippen molar-refractivity contribution in [3.63, 3.8) is 0 Å². The number of benzene rings is 1. The summed E-state index contributed by atoms with van der Waals surface area (Å²) in [7, 11) is 0. The van der Waals surface area contributed by atoms with Crippen molar-refractivity contribution in [2.75, 3.05) is 13.2 Å². The smallest absolute Gasteiger partial charge is 0.254 e. The van der Waals surface area contributed by atoms with E-state index in [1.54, 1.807) is 11.3 Å². The molecule has 1 aromatic carbocycles. The zero-order valence-electron chi connectivity index (χ0n) is 13.7. The SMILES string of the molecule is Cc1cc(C)cc(C(=O)N(Cc2cccs2)CC2CCCO2)c1. The van der Waals surface area contributed by atoms with Gasteiger partial charge in [-0.3, -0.25) is 4.79 Å². The van der Waals surface area contributed by atoms with E-state index in [1.807, 2.05) is 36.9 Å². The maximum Gasteiger partial charge on any atom is 0.254 e. The molecule has 3 nitrogen and oxygen atoms in total. The molecule has 23 heavy (non-hydrogen) atoms. The minimum atomic E-state index is 0.0979. The van der Waals surface area contributed by atoms with Gasteiger partial charge in [-0.1, -0.05) is 23.3 Å². The van der Waals surface area contributed by atoms with Gasteiger partial charge in [-0.05, 0) is 50.3 Å². The number of hydrogen-bond acceptors (Lipinski definition) is 3. The molecule has 0 N–H and O–H groups in total. The molecule has 1 aliphatic heterocycles. The first-order valence-corrected chi connectivity index (χ1v) is 9.01. The van der Waals surface area contributed by atoms with Gasteiger partial charge >= 0.3 is 0 Å². The second kappa shape index (κ2) is 7.28. The van der Waals surface area contributed by atoms with Crippen LogP contribution in [-0.4, -0.2) is 30.1 Å². The first kappa shape index (κ1) is 16.2. The Labute approximate surface area is 141 Å². The van der Waals surface area contributed by atoms with Crippen LogP contribution in [0, 0.1) is 13.8 Å². The first-order valence-electron chi connectivity index (χ1n) is 8.13. The van der Waals surface area contributed by atoms with Crippen LogP contribution in [0.3, 0.4) is 0 Å². The molecule has 4 heteroatoms. The highest BCUT2D eigenvalue weighted by atomic mass is 32.1. The Hall–Kier alpha value is -1.65. The number of amides is 1. The van der Waals surface area contributed by atoms with Crippen LogP contribution >= 0.6 is 11.3 Å². The molecule has 1 saturated heterocycles. The summed E-state index contributed by atoms with van der Waals surface area (Å²) in [6.07, 6.45) is 2.31. The van der Waals surface area contributed by atoms with Crippen molar-refractivity contribution in [2.45, 2.75) is 39.3 Å². The highest BCUT2D eigenvalue weighted by Crippen LogP contribution is 2.20. The summed E-state index contributed by atoms with van der Waals surface area (Å²) in [5.41, 5.74) is 3.03. The summed E-state index contributed by atoms with van der Waals surface area (Å²) >= 11 is 1.69. The van der Waals surface area contributed by atoms with Gasteiger partial charge in [-0.25, -0.2) is 0 Å². The predicted molar refractivity (Wildman–Crippen MR) is 93.9 cm³/mol. The lowest BCUT2D eigenvalue weighted by atomic mass is 10.1. The maximum atomic E-state index is 13.0. The summed E-state index contributed by atoms with van der Waals surface area (Å²) in [6.45, 7) is 6.21. The number of nitrogens with zero attached hydrogens (tertiary/aromatic N) is 1. The third-order valence-electron chi connectivity index (χ3n) is 4.13. The highest BCUT2D eigenvalue weighted by molar-refractivity contribution is 7.09. The lowest BCUT2D eigenvalue weighted by Crippen LogP contribution is -2.36. The Morgan fingerprint density at radius 3 is 2.70 bits per heavy atom. The molecule has 0 bridgehead atoms. The minimum Gasteiger partial charge on any atom is -0.376 e. The predicted octanol–water partition coefficient (Wildman–Crippen LogP) is 4.19. The average Bonchev–Trinajstić information content (AvgIpc) is 3.18. The van der Waals surface area contributed by atoms with Crippen molar-refractivity contribution in [2.24, 2.45) is 0 Å². The van der Waals surface area contributed by atoms with Crippen LogP contribution in [-0.2, 0) is 11.3 Å². The number of carbonyl (C=O) groups excluding carboxylic acids is 1. The molecular formula is C19H23NO2S. The van der Waals surface area contributed by atoms with Crippen molar-refractivity contribution in [1.82, 2.24) is 4.90 Å². The molecule has 0 saturated carbocycles. The van der Waals surface area contributed by atoms with Crippen LogP contribution in [0.1, 0.15) is 39.2 Å². The van der Waals surface area contributed by atoms with E-state index < -0.39 is 0 Å². The van der Waals surface area contributed by atoms with E-state index in [4.69, 9.17) is 4.74 Å². The summed E-state index contributed by atoms with van der Waals surface area (Å²) in [6, 6.07) is 10.2. The lowest BCUT2D eigenvalue weighted by molar-refractivity contribution is 0.0509. The summed E-state index contributed by atoms with van der Waals surface area (Å²) < 4.78 is 5.75. The molecule has 1 atom stereocenters. The van der Waals surface area contributed by atoms with Gasteiger partial charge in [0.15, 0.2) is 0 Å². The van der Waals surface area contributed by atoms with Crippen LogP contribution in [0.25, 0.3) is 0 Å². The molecule has 1 aromatic heterocycles. The molecule has 2 heterocycles. The third kappa shape index (κ3) is 4.21. The number of thiophene rings is 1. The third-order valence-corrected chi connectivity index (χ3v) is 4.99. The van der Waals surface area contributed by atoms with Crippen LogP contribution in [0.2, 0.25) is 0 Å². The van der Waals surface area contributed by atoms with Crippen molar-refractivity contribution in [3.05, 3.63) is 57.3 Å². The van der Waals surface area contributed by atoms with E-state index in [0.717, 1.165) is 36.1 Å². The van der Waals surface area contributed by atoms with E-state index in [9.17, 15) is 4.79 Å². The Bertz CT molecular complexity index is 640. The van der Waals surface area contributed by atoms with Gasteiger partial charge in [0.1, 0.15) is 0 Å². The van der Waals surface area contributed by atoms with Gasteiger partial charge in [0, 0.05) is 23.6 Å². The Morgan fingerprint density at radius 1 is 1.30 bits per heavy atom. The molecule has 0 radical (unpaired) electrons. The van der Waals surface area contributed by atoms with E-state index >= 15 is 0 Å². The number of hydrogen-bond donors (Lipinski definition) is 0. The normalized spacial score (nSPS) is 17.4. The number of rotatable bonds is 5. The van der Waals surface area contributed by atoms with Crippen molar-refractivity contribution >= 4 is 17.2 Å². The molecule has 122 valence electrons. The standard InChI is InChI=1S/C19H23NO2S/c1-14-9-15(2)11-16(10-14)19(21)20(12-17-5-3-7-22-17)13-18-6-4-8-23-18/h4,6,8-11,17H,3,5,7,12-13H2,1-2H3. The fraction of sp³-hybridized carbons (Fsp3) is 0.421. The van der Waals surface area contributed by atoms with Gasteiger partial charge in [-0.15, -0.1) is 11.3 Å². The van der Waals surface area contributed by atoms with Gasteiger partial charge in [0.2, 0.25) is 0 Å². The molecule has 1 aliphatic rings. The molecule has 0 spiro atoms. The quantitative estimate of drug-likeness (QED) is 0.823. The van der Waals surface area contributed by atoms with Gasteiger partial charge in [-0.2, -0.15) is 0 Å². The van der Waals surface area contributed by atoms with Gasteiger partial charge in [0.05, 0.1) is 12.6 Å². The van der Waals surface area contributed by atoms with E-state index in [0.29, 0.717) is 13.1 Å². The number of aryl methyl sites for hydroxylation is 2. The largest absolute Gasteiger partial charge is 0.376 e. The second-order valence-electron chi connectivity index (χ2n) is 6.28. The van der Waals surface area contributed by atoms with Gasteiger partial charge < -0.3 is 9.64 Å². The lowest BCUT2D eigenvalue weighted by Gasteiger charge is -2.25. The van der Waals surface area contributed by atoms with E-state index in [1.165, 1.54) is 4.88 Å². The number of ether oxygens (including phenoxy) is 1. The van der Waals surface area contributed by atoms with E-state index in [-0.39, 0.29) is 12.0 Å². The second-order valence-corrected chi connectivity index (χ2v) is 7.31. The molecule has 1 amide bonds. The Balaban J connectivity index is 1.81. The average molecular weight is 329 g/mol. The van der Waals surface area contributed by atoms with E-state index in [2.05, 4.69) is 17.5 Å². The zero-order chi connectivity index (χ0) is 16.2. The molecule has 1 fully saturated rings. The van der Waals surface area contributed by atoms with Crippen LogP contribution in [0.4, 0.5) is 0 Å². The first-order chi connectivity index (χ1) is 11.1. The summed E-state index contributed by atoms with van der Waals surface area (Å²) in [5.74, 6) is 0.0979. The van der Waals surface area contributed by atoms with Crippen LogP contribution in [0.15, 0.2) is 35.7 Å². The van der Waals surface area contributed by atoms with Crippen molar-refractivity contribution in [1.29, 1.82) is 0 Å².